The van der Waals surface area contributed by atoms with Gasteiger partial charge < -0.3 is 29.7 Å². The van der Waals surface area contributed by atoms with Crippen molar-refractivity contribution in [1.82, 2.24) is 44.9 Å². The number of likely N-dealkylation sites (tertiary alicyclic amines) is 1. The summed E-state index contributed by atoms with van der Waals surface area (Å²) >= 11 is 6.27. The highest BCUT2D eigenvalue weighted by atomic mass is 35.5. The van der Waals surface area contributed by atoms with Gasteiger partial charge in [-0.05, 0) is 91.5 Å². The molecule has 72 heavy (non-hydrogen) atoms. The molecule has 5 aromatic rings. The molecule has 2 aliphatic carbocycles. The van der Waals surface area contributed by atoms with E-state index in [-0.39, 0.29) is 41.3 Å². The minimum Gasteiger partial charge on any atom is -0.489 e. The Morgan fingerprint density at radius 3 is 2.42 bits per heavy atom. The highest BCUT2D eigenvalue weighted by Gasteiger charge is 2.64. The third-order valence-corrected chi connectivity index (χ3v) is 17.3. The van der Waals surface area contributed by atoms with Gasteiger partial charge in [0.15, 0.2) is 17.3 Å². The number of hydrogen-bond donors (Lipinski definition) is 1. The molecule has 0 atom stereocenters. The van der Waals surface area contributed by atoms with E-state index in [1.807, 2.05) is 17.0 Å². The van der Waals surface area contributed by atoms with Crippen molar-refractivity contribution in [2.75, 3.05) is 55.6 Å². The van der Waals surface area contributed by atoms with Crippen LogP contribution in [0.4, 0.5) is 26.1 Å². The third kappa shape index (κ3) is 8.45. The highest BCUT2D eigenvalue weighted by Crippen LogP contribution is 2.56. The maximum absolute atomic E-state index is 14.8. The number of carbonyl (C=O) groups excluding carboxylic acids is 2. The number of carbonyl (C=O) groups is 2. The number of rotatable bonds is 11. The fourth-order valence-corrected chi connectivity index (χ4v) is 13.7. The smallest absolute Gasteiger partial charge is 0.272 e. The molecule has 2 saturated heterocycles. The lowest BCUT2D eigenvalue weighted by Gasteiger charge is -2.63. The molecule has 4 aliphatic heterocycles. The van der Waals surface area contributed by atoms with Crippen molar-refractivity contribution in [3.8, 4) is 22.9 Å². The van der Waals surface area contributed by atoms with Gasteiger partial charge in [-0.25, -0.2) is 8.78 Å². The standard InChI is InChI=1S/C54H63ClF2N12O3/c1-32(70)66-19-15-44-41(29-66)48(68-18-7-8-34-20-39(36-24-59-64(6)28-36)40(47(56)57)22-45(34)68)63-69(44)37-13-16-54(17-14-37)30-65(31-54)25-33-26-67(27-33)46-12-11-43(61-62-46)49(71)60-50-52(2,3)51(53(50,4)5)72-38-10-9-35(23-58)42(55)21-38/h9-12,20-22,24,28,33,37,47,50-51H,7-8,13-19,25-27,29-31H2,1-6H3,(H,60,71). The van der Waals surface area contributed by atoms with Crippen LogP contribution in [0.3, 0.4) is 0 Å². The van der Waals surface area contributed by atoms with Gasteiger partial charge in [-0.3, -0.25) is 19.0 Å². The van der Waals surface area contributed by atoms with Crippen LogP contribution < -0.4 is 19.9 Å². The first kappa shape index (κ1) is 48.2. The zero-order valence-electron chi connectivity index (χ0n) is 42.0. The molecule has 0 radical (unpaired) electrons. The number of ether oxygens (including phenoxy) is 1. The number of fused-ring (bicyclic) bond motifs is 2. The molecule has 2 amide bonds. The summed E-state index contributed by atoms with van der Waals surface area (Å²) in [7, 11) is 1.79. The topological polar surface area (TPSA) is 154 Å². The Bertz CT molecular complexity index is 2940. The van der Waals surface area contributed by atoms with Gasteiger partial charge in [0.2, 0.25) is 5.91 Å². The third-order valence-electron chi connectivity index (χ3n) is 17.0. The second kappa shape index (κ2) is 18.1. The van der Waals surface area contributed by atoms with E-state index in [4.69, 9.17) is 21.4 Å². The first-order valence-corrected chi connectivity index (χ1v) is 25.8. The Morgan fingerprint density at radius 1 is 1.00 bits per heavy atom. The molecule has 7 heterocycles. The average molecular weight is 1000 g/mol. The Balaban J connectivity index is 0.684. The molecule has 2 aromatic carbocycles. The SMILES string of the molecule is CC(=O)N1CCc2c(c(N3CCCc4cc(-c5cnn(C)c5)c(C(F)F)cc43)nn2C2CCC3(CC2)CN(CC2CN(c4ccc(C(=O)NC5C(C)(C)C(Oc6ccc(C#N)c(Cl)c6)C5(C)C)nn4)C2)C3)C1. The van der Waals surface area contributed by atoms with Crippen LogP contribution in [0.15, 0.2) is 54.9 Å². The quantitative estimate of drug-likeness (QED) is 0.135. The van der Waals surface area contributed by atoms with Gasteiger partial charge in [-0.2, -0.15) is 15.5 Å². The summed E-state index contributed by atoms with van der Waals surface area (Å²) in [6, 6.07) is 14.4. The second-order valence-corrected chi connectivity index (χ2v) is 23.1. The summed E-state index contributed by atoms with van der Waals surface area (Å²) in [4.78, 5) is 35.1. The number of nitriles is 1. The largest absolute Gasteiger partial charge is 0.489 e. The number of benzene rings is 2. The van der Waals surface area contributed by atoms with E-state index < -0.39 is 17.3 Å². The fraction of sp³-hybridized carbons (Fsp3) is 0.537. The number of nitrogens with one attached hydrogen (secondary N) is 1. The predicted octanol–water partition coefficient (Wildman–Crippen LogP) is 8.69. The van der Waals surface area contributed by atoms with Gasteiger partial charge in [-0.1, -0.05) is 39.3 Å². The molecule has 15 nitrogen and oxygen atoms in total. The number of halogens is 3. The van der Waals surface area contributed by atoms with Crippen molar-refractivity contribution < 1.29 is 23.1 Å². The van der Waals surface area contributed by atoms with Gasteiger partial charge in [0.25, 0.3) is 12.3 Å². The zero-order chi connectivity index (χ0) is 50.4. The van der Waals surface area contributed by atoms with Crippen molar-refractivity contribution in [2.45, 2.75) is 111 Å². The van der Waals surface area contributed by atoms with Crippen LogP contribution in [0.2, 0.25) is 5.02 Å². The fourth-order valence-electron chi connectivity index (χ4n) is 13.5. The number of aromatic nitrogens is 6. The number of nitrogens with zero attached hydrogens (tertiary/aromatic N) is 11. The summed E-state index contributed by atoms with van der Waals surface area (Å²) in [5.41, 5.74) is 5.40. The lowest BCUT2D eigenvalue weighted by Crippen LogP contribution is -2.74. The maximum Gasteiger partial charge on any atom is 0.272 e. The molecule has 0 unspecified atom stereocenters. The summed E-state index contributed by atoms with van der Waals surface area (Å²) in [5.74, 6) is 2.44. The van der Waals surface area contributed by atoms with Gasteiger partial charge in [0.1, 0.15) is 17.9 Å². The van der Waals surface area contributed by atoms with E-state index in [1.54, 1.807) is 61.4 Å². The molecule has 4 fully saturated rings. The van der Waals surface area contributed by atoms with Crippen LogP contribution >= 0.6 is 11.6 Å². The molecule has 3 aromatic heterocycles. The van der Waals surface area contributed by atoms with Gasteiger partial charge in [0, 0.05) is 129 Å². The van der Waals surface area contributed by atoms with E-state index in [9.17, 15) is 23.6 Å². The first-order valence-electron chi connectivity index (χ1n) is 25.5. The predicted molar refractivity (Wildman–Crippen MR) is 269 cm³/mol. The van der Waals surface area contributed by atoms with E-state index in [2.05, 4.69) is 73.8 Å². The zero-order valence-corrected chi connectivity index (χ0v) is 42.7. The van der Waals surface area contributed by atoms with Gasteiger partial charge in [0.05, 0.1) is 29.4 Å². The molecule has 378 valence electrons. The van der Waals surface area contributed by atoms with Crippen LogP contribution in [0, 0.1) is 33.5 Å². The number of amides is 2. The second-order valence-electron chi connectivity index (χ2n) is 22.7. The van der Waals surface area contributed by atoms with E-state index in [0.29, 0.717) is 58.4 Å². The molecule has 2 saturated carbocycles. The molecule has 6 aliphatic rings. The Kier molecular flexibility index (Phi) is 12.1. The average Bonchev–Trinajstić information content (AvgIpc) is 3.95. The minimum atomic E-state index is -2.66. The van der Waals surface area contributed by atoms with Crippen molar-refractivity contribution >= 4 is 40.7 Å². The van der Waals surface area contributed by atoms with Crippen molar-refractivity contribution in [3.05, 3.63) is 93.5 Å². The van der Waals surface area contributed by atoms with Crippen LogP contribution in [0.5, 0.6) is 5.75 Å². The number of hydrogen-bond acceptors (Lipinski definition) is 11. The lowest BCUT2D eigenvalue weighted by atomic mass is 9.49. The summed E-state index contributed by atoms with van der Waals surface area (Å²) in [6.07, 6.45) is 7.25. The van der Waals surface area contributed by atoms with Gasteiger partial charge >= 0.3 is 0 Å². The molecule has 18 heteroatoms. The number of aryl methyl sites for hydroxylation is 2. The Hall–Kier alpha value is -6.12. The van der Waals surface area contributed by atoms with Crippen LogP contribution in [0.25, 0.3) is 11.1 Å². The van der Waals surface area contributed by atoms with Crippen molar-refractivity contribution in [3.63, 3.8) is 0 Å². The summed E-state index contributed by atoms with van der Waals surface area (Å²) in [6.45, 7) is 16.7. The first-order chi connectivity index (χ1) is 34.4. The highest BCUT2D eigenvalue weighted by molar-refractivity contribution is 6.31. The van der Waals surface area contributed by atoms with Gasteiger partial charge in [-0.15, -0.1) is 10.2 Å². The molecule has 1 N–H and O–H groups in total. The molecule has 1 spiro atoms. The van der Waals surface area contributed by atoms with E-state index >= 15 is 0 Å². The Labute approximate surface area is 424 Å². The monoisotopic (exact) mass is 1000 g/mol. The summed E-state index contributed by atoms with van der Waals surface area (Å²) in [5, 5.41) is 31.3. The molecule has 0 bridgehead atoms. The minimum absolute atomic E-state index is 0.00799. The molecule has 11 rings (SSSR count). The van der Waals surface area contributed by atoms with E-state index in [1.165, 1.54) is 5.69 Å². The summed E-state index contributed by atoms with van der Waals surface area (Å²) < 4.78 is 39.9. The van der Waals surface area contributed by atoms with Crippen molar-refractivity contribution in [2.24, 2.45) is 29.2 Å². The molecular formula is C54H63ClF2N12O3. The van der Waals surface area contributed by atoms with Crippen LogP contribution in [-0.4, -0.2) is 109 Å². The number of anilines is 3. The Morgan fingerprint density at radius 2 is 1.76 bits per heavy atom. The van der Waals surface area contributed by atoms with Crippen LogP contribution in [-0.2, 0) is 31.2 Å². The van der Waals surface area contributed by atoms with Crippen molar-refractivity contribution in [1.29, 1.82) is 5.26 Å². The normalized spacial score (nSPS) is 22.4. The lowest BCUT2D eigenvalue weighted by molar-refractivity contribution is -0.164. The molecular weight excluding hydrogens is 938 g/mol. The number of alkyl halides is 2. The van der Waals surface area contributed by atoms with Crippen LogP contribution in [0.1, 0.15) is 118 Å². The van der Waals surface area contributed by atoms with E-state index in [0.717, 1.165) is 106 Å². The maximum atomic E-state index is 14.8.